The van der Waals surface area contributed by atoms with Gasteiger partial charge in [0.25, 0.3) is 0 Å². The summed E-state index contributed by atoms with van der Waals surface area (Å²) in [6, 6.07) is 0. The first-order chi connectivity index (χ1) is 7.50. The van der Waals surface area contributed by atoms with Crippen LogP contribution in [0.25, 0.3) is 0 Å². The van der Waals surface area contributed by atoms with Gasteiger partial charge in [0.1, 0.15) is 0 Å². The van der Waals surface area contributed by atoms with E-state index in [4.69, 9.17) is 0 Å². The predicted molar refractivity (Wildman–Crippen MR) is 67.3 cm³/mol. The first-order valence-corrected chi connectivity index (χ1v) is 6.18. The number of carbonyl (C=O) groups excluding carboxylic acids is 1. The Morgan fingerprint density at radius 1 is 1.25 bits per heavy atom. The Kier molecular flexibility index (Phi) is 5.00. The first-order valence-electron chi connectivity index (χ1n) is 6.18. The maximum atomic E-state index is 11.7. The lowest BCUT2D eigenvalue weighted by Crippen LogP contribution is -2.49. The summed E-state index contributed by atoms with van der Waals surface area (Å²) in [7, 11) is 0. The van der Waals surface area contributed by atoms with Gasteiger partial charge in [-0.1, -0.05) is 20.4 Å². The minimum absolute atomic E-state index is 0.114. The van der Waals surface area contributed by atoms with Crippen LogP contribution in [0.4, 0.5) is 0 Å². The molecule has 0 atom stereocenters. The van der Waals surface area contributed by atoms with Gasteiger partial charge in [-0.15, -0.1) is 0 Å². The Bertz CT molecular complexity index is 253. The second-order valence-electron chi connectivity index (χ2n) is 5.10. The summed E-state index contributed by atoms with van der Waals surface area (Å²) in [4.78, 5) is 16.0. The zero-order chi connectivity index (χ0) is 12.1. The largest absolute Gasteiger partial charge is 0.336 e. The van der Waals surface area contributed by atoms with E-state index in [-0.39, 0.29) is 5.91 Å². The molecule has 3 heteroatoms. The Balaban J connectivity index is 2.28. The van der Waals surface area contributed by atoms with E-state index >= 15 is 0 Å². The number of hydrogen-bond acceptors (Lipinski definition) is 2. The van der Waals surface area contributed by atoms with Gasteiger partial charge in [-0.25, -0.2) is 0 Å². The van der Waals surface area contributed by atoms with E-state index < -0.39 is 0 Å². The number of hydrogen-bond donors (Lipinski definition) is 0. The zero-order valence-electron chi connectivity index (χ0n) is 10.8. The molecular formula is C13H24N2O. The highest BCUT2D eigenvalue weighted by molar-refractivity contribution is 5.92. The SMILES string of the molecule is C=C(C)C(=O)N1CCN(CCC(C)C)CC1. The van der Waals surface area contributed by atoms with Gasteiger partial charge in [-0.05, 0) is 25.8 Å². The fourth-order valence-electron chi connectivity index (χ4n) is 1.89. The van der Waals surface area contributed by atoms with Crippen LogP contribution in [0, 0.1) is 5.92 Å². The molecule has 1 aliphatic heterocycles. The van der Waals surface area contributed by atoms with Crippen LogP contribution in [0.2, 0.25) is 0 Å². The molecule has 0 bridgehead atoms. The highest BCUT2D eigenvalue weighted by atomic mass is 16.2. The minimum atomic E-state index is 0.114. The van der Waals surface area contributed by atoms with Crippen molar-refractivity contribution in [2.24, 2.45) is 5.92 Å². The molecule has 0 saturated carbocycles. The third-order valence-corrected chi connectivity index (χ3v) is 3.05. The molecule has 1 rings (SSSR count). The summed E-state index contributed by atoms with van der Waals surface area (Å²) < 4.78 is 0. The van der Waals surface area contributed by atoms with E-state index in [1.165, 1.54) is 6.42 Å². The van der Waals surface area contributed by atoms with Crippen LogP contribution in [0.15, 0.2) is 12.2 Å². The van der Waals surface area contributed by atoms with Gasteiger partial charge < -0.3 is 4.90 Å². The molecule has 0 unspecified atom stereocenters. The van der Waals surface area contributed by atoms with Crippen molar-refractivity contribution in [1.82, 2.24) is 9.80 Å². The van der Waals surface area contributed by atoms with Gasteiger partial charge in [0.2, 0.25) is 5.91 Å². The van der Waals surface area contributed by atoms with E-state index in [9.17, 15) is 4.79 Å². The standard InChI is InChI=1S/C13H24N2O/c1-11(2)5-6-14-7-9-15(10-8-14)13(16)12(3)4/h11H,3,5-10H2,1-2,4H3. The first kappa shape index (κ1) is 13.2. The van der Waals surface area contributed by atoms with Crippen LogP contribution in [0.3, 0.4) is 0 Å². The van der Waals surface area contributed by atoms with Crippen LogP contribution < -0.4 is 0 Å². The molecule has 1 fully saturated rings. The lowest BCUT2D eigenvalue weighted by Gasteiger charge is -2.35. The van der Waals surface area contributed by atoms with Gasteiger partial charge in [-0.2, -0.15) is 0 Å². The lowest BCUT2D eigenvalue weighted by molar-refractivity contribution is -0.128. The van der Waals surface area contributed by atoms with Crippen LogP contribution in [0.5, 0.6) is 0 Å². The van der Waals surface area contributed by atoms with Gasteiger partial charge in [0, 0.05) is 31.8 Å². The van der Waals surface area contributed by atoms with E-state index in [2.05, 4.69) is 25.3 Å². The predicted octanol–water partition coefficient (Wildman–Crippen LogP) is 1.75. The molecule has 0 radical (unpaired) electrons. The molecule has 3 nitrogen and oxygen atoms in total. The summed E-state index contributed by atoms with van der Waals surface area (Å²) in [5.41, 5.74) is 0.649. The summed E-state index contributed by atoms with van der Waals surface area (Å²) in [5, 5.41) is 0. The van der Waals surface area contributed by atoms with Crippen LogP contribution in [0.1, 0.15) is 27.2 Å². The van der Waals surface area contributed by atoms with Gasteiger partial charge in [0.05, 0.1) is 0 Å². The zero-order valence-corrected chi connectivity index (χ0v) is 10.8. The van der Waals surface area contributed by atoms with Crippen molar-refractivity contribution in [2.45, 2.75) is 27.2 Å². The molecule has 0 spiro atoms. The van der Waals surface area contributed by atoms with E-state index in [0.29, 0.717) is 5.57 Å². The monoisotopic (exact) mass is 224 g/mol. The van der Waals surface area contributed by atoms with Crippen molar-refractivity contribution in [3.8, 4) is 0 Å². The van der Waals surface area contributed by atoms with Gasteiger partial charge in [-0.3, -0.25) is 9.69 Å². The van der Waals surface area contributed by atoms with Crippen molar-refractivity contribution in [1.29, 1.82) is 0 Å². The quantitative estimate of drug-likeness (QED) is 0.679. The van der Waals surface area contributed by atoms with E-state index in [0.717, 1.165) is 38.6 Å². The summed E-state index contributed by atoms with van der Waals surface area (Å²) in [6.45, 7) is 14.9. The second kappa shape index (κ2) is 6.04. The Labute approximate surface area is 99.1 Å². The summed E-state index contributed by atoms with van der Waals surface area (Å²) in [5.74, 6) is 0.874. The molecule has 0 aliphatic carbocycles. The number of carbonyl (C=O) groups is 1. The molecule has 0 aromatic heterocycles. The minimum Gasteiger partial charge on any atom is -0.336 e. The summed E-state index contributed by atoms with van der Waals surface area (Å²) in [6.07, 6.45) is 1.24. The fourth-order valence-corrected chi connectivity index (χ4v) is 1.89. The molecular weight excluding hydrogens is 200 g/mol. The van der Waals surface area contributed by atoms with Crippen molar-refractivity contribution in [3.05, 3.63) is 12.2 Å². The van der Waals surface area contributed by atoms with Crippen molar-refractivity contribution in [3.63, 3.8) is 0 Å². The van der Waals surface area contributed by atoms with Gasteiger partial charge >= 0.3 is 0 Å². The summed E-state index contributed by atoms with van der Waals surface area (Å²) >= 11 is 0. The number of piperazine rings is 1. The average Bonchev–Trinajstić information content (AvgIpc) is 2.26. The molecule has 1 aliphatic rings. The van der Waals surface area contributed by atoms with E-state index in [1.807, 2.05) is 4.90 Å². The Morgan fingerprint density at radius 2 is 1.81 bits per heavy atom. The van der Waals surface area contributed by atoms with Gasteiger partial charge in [0.15, 0.2) is 0 Å². The third kappa shape index (κ3) is 3.97. The molecule has 0 aromatic rings. The van der Waals surface area contributed by atoms with Crippen molar-refractivity contribution >= 4 is 5.91 Å². The van der Waals surface area contributed by atoms with Crippen molar-refractivity contribution in [2.75, 3.05) is 32.7 Å². The molecule has 1 amide bonds. The number of nitrogens with zero attached hydrogens (tertiary/aromatic N) is 2. The molecule has 16 heavy (non-hydrogen) atoms. The topological polar surface area (TPSA) is 23.6 Å². The van der Waals surface area contributed by atoms with E-state index in [1.54, 1.807) is 6.92 Å². The van der Waals surface area contributed by atoms with Crippen LogP contribution in [-0.2, 0) is 4.79 Å². The molecule has 1 saturated heterocycles. The maximum absolute atomic E-state index is 11.7. The molecule has 1 heterocycles. The van der Waals surface area contributed by atoms with Crippen LogP contribution >= 0.6 is 0 Å². The van der Waals surface area contributed by atoms with Crippen LogP contribution in [-0.4, -0.2) is 48.4 Å². The van der Waals surface area contributed by atoms with Crippen molar-refractivity contribution < 1.29 is 4.79 Å². The lowest BCUT2D eigenvalue weighted by atomic mass is 10.1. The Morgan fingerprint density at radius 3 is 2.25 bits per heavy atom. The second-order valence-corrected chi connectivity index (χ2v) is 5.10. The number of rotatable bonds is 4. The highest BCUT2D eigenvalue weighted by Gasteiger charge is 2.20. The maximum Gasteiger partial charge on any atom is 0.248 e. The Hall–Kier alpha value is -0.830. The normalized spacial score (nSPS) is 17.9. The average molecular weight is 224 g/mol. The highest BCUT2D eigenvalue weighted by Crippen LogP contribution is 2.08. The third-order valence-electron chi connectivity index (χ3n) is 3.05. The fraction of sp³-hybridized carbons (Fsp3) is 0.769. The molecule has 92 valence electrons. The molecule has 0 aromatic carbocycles. The molecule has 0 N–H and O–H groups in total. The smallest absolute Gasteiger partial charge is 0.248 e. The number of amides is 1.